The molecule has 9 nitrogen and oxygen atoms in total. The van der Waals surface area contributed by atoms with Crippen molar-refractivity contribution in [2.24, 2.45) is 5.10 Å². The number of fused-ring (bicyclic) bond motifs is 1. The van der Waals surface area contributed by atoms with Gasteiger partial charge >= 0.3 is 0 Å². The van der Waals surface area contributed by atoms with Crippen LogP contribution in [0.25, 0.3) is 0 Å². The second-order valence-electron chi connectivity index (χ2n) is 9.04. The fourth-order valence-corrected chi connectivity index (χ4v) is 5.63. The van der Waals surface area contributed by atoms with E-state index in [9.17, 15) is 17.6 Å². The van der Waals surface area contributed by atoms with Crippen molar-refractivity contribution < 1.29 is 31.8 Å². The van der Waals surface area contributed by atoms with Crippen molar-refractivity contribution in [3.05, 3.63) is 113 Å². The molecule has 12 heteroatoms. The third kappa shape index (κ3) is 6.99. The van der Waals surface area contributed by atoms with E-state index in [4.69, 9.17) is 25.8 Å². The Hall–Kier alpha value is -4.61. The Bertz CT molecular complexity index is 1700. The number of carbonyl (C=O) groups excluding carboxylic acids is 1. The van der Waals surface area contributed by atoms with Gasteiger partial charge in [-0.2, -0.15) is 5.10 Å². The molecule has 42 heavy (non-hydrogen) atoms. The molecule has 0 spiro atoms. The second kappa shape index (κ2) is 12.9. The predicted octanol–water partition coefficient (Wildman–Crippen LogP) is 5.17. The normalized spacial score (nSPS) is 12.6. The molecule has 0 unspecified atom stereocenters. The van der Waals surface area contributed by atoms with Crippen LogP contribution in [-0.2, 0) is 21.4 Å². The highest BCUT2D eigenvalue weighted by Gasteiger charge is 2.29. The third-order valence-electron chi connectivity index (χ3n) is 6.14. The van der Waals surface area contributed by atoms with Crippen LogP contribution in [0.15, 0.2) is 101 Å². The van der Waals surface area contributed by atoms with Gasteiger partial charge in [-0.1, -0.05) is 29.8 Å². The largest absolute Gasteiger partial charge is 0.489 e. The van der Waals surface area contributed by atoms with Crippen LogP contribution < -0.4 is 23.9 Å². The number of benzene rings is 4. The summed E-state index contributed by atoms with van der Waals surface area (Å²) in [6.07, 6.45) is 1.41. The number of sulfonamides is 1. The van der Waals surface area contributed by atoms with E-state index in [2.05, 4.69) is 10.5 Å². The lowest BCUT2D eigenvalue weighted by Crippen LogP contribution is -2.39. The maximum Gasteiger partial charge on any atom is 0.264 e. The Morgan fingerprint density at radius 3 is 2.43 bits per heavy atom. The van der Waals surface area contributed by atoms with Crippen molar-refractivity contribution in [1.82, 2.24) is 5.43 Å². The Kier molecular flexibility index (Phi) is 8.89. The van der Waals surface area contributed by atoms with E-state index in [0.717, 1.165) is 22.0 Å². The van der Waals surface area contributed by atoms with Gasteiger partial charge in [-0.15, -0.1) is 0 Å². The molecule has 1 heterocycles. The van der Waals surface area contributed by atoms with Crippen LogP contribution in [0.2, 0.25) is 5.02 Å². The molecule has 0 radical (unpaired) electrons. The summed E-state index contributed by atoms with van der Waals surface area (Å²) in [5.41, 5.74) is 3.96. The summed E-state index contributed by atoms with van der Waals surface area (Å²) in [4.78, 5) is 12.7. The van der Waals surface area contributed by atoms with Gasteiger partial charge in [0, 0.05) is 16.7 Å². The topological polar surface area (TPSA) is 107 Å². The average Bonchev–Trinajstić information content (AvgIpc) is 3.00. The molecule has 0 saturated carbocycles. The van der Waals surface area contributed by atoms with Gasteiger partial charge in [0.2, 0.25) is 0 Å². The first-order valence-corrected chi connectivity index (χ1v) is 14.6. The minimum Gasteiger partial charge on any atom is -0.489 e. The lowest BCUT2D eigenvalue weighted by Gasteiger charge is -2.25. The molecule has 5 rings (SSSR count). The van der Waals surface area contributed by atoms with Gasteiger partial charge in [0.15, 0.2) is 11.5 Å². The molecule has 0 bridgehead atoms. The van der Waals surface area contributed by atoms with E-state index in [0.29, 0.717) is 35.3 Å². The first-order chi connectivity index (χ1) is 20.3. The zero-order valence-corrected chi connectivity index (χ0v) is 23.6. The molecule has 0 fully saturated rings. The molecule has 1 amide bonds. The Balaban J connectivity index is 1.25. The molecular weight excluding hydrogens is 585 g/mol. The molecule has 0 aliphatic carbocycles. The van der Waals surface area contributed by atoms with Crippen molar-refractivity contribution in [2.75, 3.05) is 24.1 Å². The first kappa shape index (κ1) is 28.9. The number of nitrogens with one attached hydrogen (secondary N) is 1. The van der Waals surface area contributed by atoms with Crippen LogP contribution in [0, 0.1) is 5.82 Å². The summed E-state index contributed by atoms with van der Waals surface area (Å²) in [6, 6.07) is 23.3. The molecule has 1 aliphatic rings. The molecule has 0 atom stereocenters. The van der Waals surface area contributed by atoms with Gasteiger partial charge < -0.3 is 14.2 Å². The van der Waals surface area contributed by atoms with E-state index < -0.39 is 28.3 Å². The lowest BCUT2D eigenvalue weighted by atomic mass is 10.2. The van der Waals surface area contributed by atoms with Crippen LogP contribution in [0.1, 0.15) is 11.1 Å². The van der Waals surface area contributed by atoms with Gasteiger partial charge in [-0.05, 0) is 72.3 Å². The first-order valence-electron chi connectivity index (χ1n) is 12.8. The van der Waals surface area contributed by atoms with Crippen LogP contribution in [0.3, 0.4) is 0 Å². The van der Waals surface area contributed by atoms with E-state index in [1.807, 2.05) is 18.2 Å². The monoisotopic (exact) mass is 609 g/mol. The second-order valence-corrected chi connectivity index (χ2v) is 11.3. The Morgan fingerprint density at radius 1 is 0.976 bits per heavy atom. The zero-order valence-electron chi connectivity index (χ0n) is 22.1. The number of carbonyl (C=O) groups is 1. The van der Waals surface area contributed by atoms with Gasteiger partial charge in [-0.3, -0.25) is 9.10 Å². The summed E-state index contributed by atoms with van der Waals surface area (Å²) in [7, 11) is -4.27. The van der Waals surface area contributed by atoms with Gasteiger partial charge in [0.25, 0.3) is 15.9 Å². The number of amides is 1. The lowest BCUT2D eigenvalue weighted by molar-refractivity contribution is -0.119. The molecule has 4 aromatic carbocycles. The predicted molar refractivity (Wildman–Crippen MR) is 156 cm³/mol. The number of ether oxygens (including phenoxy) is 3. The van der Waals surface area contributed by atoms with E-state index in [1.165, 1.54) is 36.5 Å². The summed E-state index contributed by atoms with van der Waals surface area (Å²) < 4.78 is 58.5. The number of hydrogen-bond acceptors (Lipinski definition) is 7. The smallest absolute Gasteiger partial charge is 0.264 e. The van der Waals surface area contributed by atoms with E-state index in [-0.39, 0.29) is 22.9 Å². The standard InChI is InChI=1S/C30H25ClFN3O6S/c31-27-4-2-1-3-22(27)20-41-25-11-5-21(6-12-25)18-33-34-30(36)19-35(24-9-7-23(32)8-10-24)42(37,38)26-13-14-28-29(17-26)40-16-15-39-28/h1-14,17-18H,15-16,19-20H2,(H,34,36)/b33-18-. The number of nitrogens with zero attached hydrogens (tertiary/aromatic N) is 2. The summed E-state index contributed by atoms with van der Waals surface area (Å²) in [6.45, 7) is 0.317. The summed E-state index contributed by atoms with van der Waals surface area (Å²) >= 11 is 6.16. The van der Waals surface area contributed by atoms with Crippen molar-refractivity contribution in [3.63, 3.8) is 0 Å². The fourth-order valence-electron chi connectivity index (χ4n) is 4.01. The highest BCUT2D eigenvalue weighted by Crippen LogP contribution is 2.34. The summed E-state index contributed by atoms with van der Waals surface area (Å²) in [5, 5.41) is 4.57. The SMILES string of the molecule is O=C(CN(c1ccc(F)cc1)S(=O)(=O)c1ccc2c(c1)OCCO2)N/N=C\c1ccc(OCc2ccccc2Cl)cc1. The van der Waals surface area contributed by atoms with E-state index >= 15 is 0 Å². The minimum atomic E-state index is -4.27. The maximum absolute atomic E-state index is 13.6. The highest BCUT2D eigenvalue weighted by molar-refractivity contribution is 7.92. The minimum absolute atomic E-state index is 0.0952. The van der Waals surface area contributed by atoms with Crippen LogP contribution in [-0.4, -0.2) is 40.3 Å². The van der Waals surface area contributed by atoms with Crippen molar-refractivity contribution in [2.45, 2.75) is 11.5 Å². The van der Waals surface area contributed by atoms with Crippen LogP contribution >= 0.6 is 11.6 Å². The average molecular weight is 610 g/mol. The number of hydrazone groups is 1. The third-order valence-corrected chi connectivity index (χ3v) is 8.28. The molecule has 4 aromatic rings. The Labute approximate surface area is 247 Å². The van der Waals surface area contributed by atoms with Crippen molar-refractivity contribution >= 4 is 39.4 Å². The van der Waals surface area contributed by atoms with E-state index in [1.54, 1.807) is 30.3 Å². The molecular formula is C30H25ClFN3O6S. The molecule has 0 aromatic heterocycles. The van der Waals surface area contributed by atoms with Gasteiger partial charge in [-0.25, -0.2) is 18.2 Å². The number of rotatable bonds is 10. The molecule has 1 N–H and O–H groups in total. The number of halogens is 2. The van der Waals surface area contributed by atoms with Gasteiger partial charge in [0.05, 0.1) is 16.8 Å². The Morgan fingerprint density at radius 2 is 1.69 bits per heavy atom. The quantitative estimate of drug-likeness (QED) is 0.196. The van der Waals surface area contributed by atoms with Crippen molar-refractivity contribution in [3.8, 4) is 17.2 Å². The number of hydrogen-bond donors (Lipinski definition) is 1. The maximum atomic E-state index is 13.6. The van der Waals surface area contributed by atoms with Crippen LogP contribution in [0.5, 0.6) is 17.2 Å². The molecule has 216 valence electrons. The fraction of sp³-hybridized carbons (Fsp3) is 0.133. The van der Waals surface area contributed by atoms with Gasteiger partial charge in [0.1, 0.15) is 37.9 Å². The van der Waals surface area contributed by atoms with Crippen LogP contribution in [0.4, 0.5) is 10.1 Å². The molecule has 0 saturated heterocycles. The highest BCUT2D eigenvalue weighted by atomic mass is 35.5. The number of anilines is 1. The van der Waals surface area contributed by atoms with Crippen molar-refractivity contribution in [1.29, 1.82) is 0 Å². The zero-order chi connectivity index (χ0) is 29.5. The molecule has 1 aliphatic heterocycles. The summed E-state index contributed by atoms with van der Waals surface area (Å²) in [5.74, 6) is 0.0491.